The molecule has 0 aliphatic heterocycles. The van der Waals surface area contributed by atoms with E-state index < -0.39 is 0 Å². The highest BCUT2D eigenvalue weighted by molar-refractivity contribution is 6.23. The molecular formula is C44H28O. The molecule has 0 aliphatic carbocycles. The van der Waals surface area contributed by atoms with Crippen LogP contribution in [0.15, 0.2) is 174 Å². The van der Waals surface area contributed by atoms with Gasteiger partial charge in [-0.25, -0.2) is 0 Å². The minimum Gasteiger partial charge on any atom is -0.456 e. The smallest absolute Gasteiger partial charge is 0.136 e. The lowest BCUT2D eigenvalue weighted by Gasteiger charge is -2.19. The summed E-state index contributed by atoms with van der Waals surface area (Å²) in [5.74, 6) is 0. The summed E-state index contributed by atoms with van der Waals surface area (Å²) in [6.45, 7) is 0. The topological polar surface area (TPSA) is 13.1 Å². The zero-order valence-corrected chi connectivity index (χ0v) is 23.8. The molecule has 210 valence electrons. The van der Waals surface area contributed by atoms with Crippen molar-refractivity contribution in [3.63, 3.8) is 0 Å². The van der Waals surface area contributed by atoms with Gasteiger partial charge in [-0.3, -0.25) is 0 Å². The lowest BCUT2D eigenvalue weighted by molar-refractivity contribution is 0.669. The van der Waals surface area contributed by atoms with E-state index in [1.807, 2.05) is 84.9 Å². The van der Waals surface area contributed by atoms with Crippen molar-refractivity contribution >= 4 is 43.5 Å². The first-order valence-electron chi connectivity index (χ1n) is 19.6. The van der Waals surface area contributed by atoms with E-state index in [9.17, 15) is 5.48 Å². The highest BCUT2D eigenvalue weighted by Gasteiger charge is 2.20. The first kappa shape index (κ1) is 17.4. The van der Waals surface area contributed by atoms with Crippen LogP contribution < -0.4 is 0 Å². The monoisotopic (exact) mass is 582 g/mol. The average Bonchev–Trinajstić information content (AvgIpc) is 3.61. The minimum absolute atomic E-state index is 0.0369. The SMILES string of the molecule is [2H]c1c([2H])c([2H])c(-c2c3ccccc3c(-c3c([2H])c([2H])c4oc5c([2H])c([2H])c([2H])c(-c6ccccc6)c5c4c3[2H])c3ccccc23)c(-c2ccccc2)c1[2H]. The van der Waals surface area contributed by atoms with Crippen molar-refractivity contribution in [3.05, 3.63) is 170 Å². The molecule has 1 heteroatoms. The van der Waals surface area contributed by atoms with Crippen LogP contribution in [-0.2, 0) is 0 Å². The Hall–Kier alpha value is -5.92. The average molecular weight is 583 g/mol. The molecule has 0 atom stereocenters. The summed E-state index contributed by atoms with van der Waals surface area (Å²) < 4.78 is 96.7. The Morgan fingerprint density at radius 1 is 0.378 bits per heavy atom. The van der Waals surface area contributed by atoms with Gasteiger partial charge in [-0.2, -0.15) is 0 Å². The number of rotatable bonds is 4. The molecule has 9 rings (SSSR count). The van der Waals surface area contributed by atoms with Crippen LogP contribution in [0.25, 0.3) is 88.0 Å². The fraction of sp³-hybridized carbons (Fsp3) is 0. The molecule has 0 saturated carbocycles. The normalized spacial score (nSPS) is 14.7. The van der Waals surface area contributed by atoms with Crippen LogP contribution in [0.1, 0.15) is 13.7 Å². The molecule has 0 amide bonds. The molecule has 0 saturated heterocycles. The maximum Gasteiger partial charge on any atom is 0.136 e. The van der Waals surface area contributed by atoms with Crippen molar-refractivity contribution in [1.82, 2.24) is 0 Å². The molecular weight excluding hydrogens is 544 g/mol. The van der Waals surface area contributed by atoms with Crippen LogP contribution >= 0.6 is 0 Å². The molecule has 0 radical (unpaired) electrons. The van der Waals surface area contributed by atoms with E-state index in [4.69, 9.17) is 12.6 Å². The van der Waals surface area contributed by atoms with E-state index in [-0.39, 0.29) is 87.9 Å². The van der Waals surface area contributed by atoms with Crippen molar-refractivity contribution in [3.8, 4) is 44.5 Å². The van der Waals surface area contributed by atoms with Gasteiger partial charge in [-0.1, -0.05) is 151 Å². The molecule has 1 aromatic heterocycles. The minimum atomic E-state index is -0.373. The second-order valence-electron chi connectivity index (χ2n) is 10.8. The van der Waals surface area contributed by atoms with Crippen LogP contribution in [0.3, 0.4) is 0 Å². The van der Waals surface area contributed by atoms with Gasteiger partial charge in [0.2, 0.25) is 0 Å². The third-order valence-corrected chi connectivity index (χ3v) is 8.32. The molecule has 0 fully saturated rings. The Balaban J connectivity index is 1.48. The fourth-order valence-corrected chi connectivity index (χ4v) is 6.39. The maximum absolute atomic E-state index is 9.86. The van der Waals surface area contributed by atoms with Gasteiger partial charge >= 0.3 is 0 Å². The zero-order valence-electron chi connectivity index (χ0n) is 33.8. The number of hydrogen-bond acceptors (Lipinski definition) is 1. The van der Waals surface area contributed by atoms with E-state index in [2.05, 4.69) is 0 Å². The van der Waals surface area contributed by atoms with Gasteiger partial charge in [0, 0.05) is 10.8 Å². The Morgan fingerprint density at radius 2 is 0.911 bits per heavy atom. The molecule has 0 N–H and O–H groups in total. The second-order valence-corrected chi connectivity index (χ2v) is 10.8. The van der Waals surface area contributed by atoms with Crippen molar-refractivity contribution in [2.45, 2.75) is 0 Å². The molecule has 0 spiro atoms. The largest absolute Gasteiger partial charge is 0.456 e. The van der Waals surface area contributed by atoms with E-state index in [1.54, 1.807) is 24.3 Å². The molecule has 9 aromatic rings. The van der Waals surface area contributed by atoms with Gasteiger partial charge < -0.3 is 4.42 Å². The number of furan rings is 1. The summed E-state index contributed by atoms with van der Waals surface area (Å²) in [6.07, 6.45) is 0. The van der Waals surface area contributed by atoms with Gasteiger partial charge in [-0.05, 0) is 84.2 Å². The van der Waals surface area contributed by atoms with E-state index in [0.717, 1.165) is 0 Å². The maximum atomic E-state index is 9.86. The first-order chi connectivity index (χ1) is 26.5. The van der Waals surface area contributed by atoms with Gasteiger partial charge in [0.05, 0.1) is 13.7 Å². The van der Waals surface area contributed by atoms with E-state index >= 15 is 0 Å². The van der Waals surface area contributed by atoms with Crippen molar-refractivity contribution in [2.75, 3.05) is 0 Å². The van der Waals surface area contributed by atoms with Crippen LogP contribution in [0.5, 0.6) is 0 Å². The Morgan fingerprint density at radius 3 is 1.56 bits per heavy atom. The van der Waals surface area contributed by atoms with Crippen LogP contribution in [-0.4, -0.2) is 0 Å². The van der Waals surface area contributed by atoms with Crippen LogP contribution in [0.2, 0.25) is 0 Å². The van der Waals surface area contributed by atoms with Gasteiger partial charge in [0.1, 0.15) is 11.2 Å². The molecule has 1 nitrogen and oxygen atoms in total. The number of hydrogen-bond donors (Lipinski definition) is 0. The number of fused-ring (bicyclic) bond motifs is 5. The zero-order chi connectivity index (χ0) is 38.4. The summed E-state index contributed by atoms with van der Waals surface area (Å²) >= 11 is 0. The standard InChI is InChI=1S/C44H28O/c1-3-14-29(15-4-1)32-18-7-8-19-34(32)43-37-22-11-9-20-35(37)42(36-21-10-12-23-38(36)43)31-26-27-40-39(28-31)44-33(24-13-25-41(44)45-40)30-16-5-2-6-17-30/h1-28H/i7D,8D,13D,18D,19D,24D,25D,26D,27D,28D. The van der Waals surface area contributed by atoms with E-state index in [1.165, 1.54) is 0 Å². The van der Waals surface area contributed by atoms with Crippen molar-refractivity contribution in [2.24, 2.45) is 0 Å². The summed E-state index contributed by atoms with van der Waals surface area (Å²) in [6, 6.07) is 30.1. The third-order valence-electron chi connectivity index (χ3n) is 8.32. The molecule has 1 heterocycles. The fourth-order valence-electron chi connectivity index (χ4n) is 6.39. The molecule has 45 heavy (non-hydrogen) atoms. The quantitative estimate of drug-likeness (QED) is 0.188. The lowest BCUT2D eigenvalue weighted by atomic mass is 9.83. The van der Waals surface area contributed by atoms with Crippen LogP contribution in [0, 0.1) is 0 Å². The molecule has 0 aliphatic rings. The summed E-state index contributed by atoms with van der Waals surface area (Å²) in [5, 5.41) is 2.83. The van der Waals surface area contributed by atoms with Gasteiger partial charge in [0.25, 0.3) is 0 Å². The predicted octanol–water partition coefficient (Wildman–Crippen LogP) is 12.6. The predicted molar refractivity (Wildman–Crippen MR) is 190 cm³/mol. The Bertz CT molecular complexity index is 3030. The van der Waals surface area contributed by atoms with Gasteiger partial charge in [0.15, 0.2) is 0 Å². The summed E-state index contributed by atoms with van der Waals surface area (Å²) in [5.41, 5.74) is 3.21. The second kappa shape index (κ2) is 10.4. The Kier molecular flexibility index (Phi) is 4.01. The van der Waals surface area contributed by atoms with E-state index in [0.29, 0.717) is 60.5 Å². The third kappa shape index (κ3) is 4.09. The van der Waals surface area contributed by atoms with Crippen molar-refractivity contribution in [1.29, 1.82) is 0 Å². The summed E-state index contributed by atoms with van der Waals surface area (Å²) in [7, 11) is 0. The van der Waals surface area contributed by atoms with Crippen molar-refractivity contribution < 1.29 is 18.1 Å². The van der Waals surface area contributed by atoms with Gasteiger partial charge in [-0.15, -0.1) is 0 Å². The Labute approximate surface area is 275 Å². The highest BCUT2D eigenvalue weighted by atomic mass is 16.3. The number of benzene rings is 8. The molecule has 8 aromatic carbocycles. The highest BCUT2D eigenvalue weighted by Crippen LogP contribution is 2.47. The molecule has 0 unspecified atom stereocenters. The molecule has 0 bridgehead atoms. The lowest BCUT2D eigenvalue weighted by Crippen LogP contribution is -1.92. The first-order valence-corrected chi connectivity index (χ1v) is 14.6. The summed E-state index contributed by atoms with van der Waals surface area (Å²) in [4.78, 5) is 0. The van der Waals surface area contributed by atoms with Crippen LogP contribution in [0.4, 0.5) is 0 Å².